The van der Waals surface area contributed by atoms with Crippen LogP contribution in [0.3, 0.4) is 0 Å². The lowest BCUT2D eigenvalue weighted by Gasteiger charge is -2.22. The summed E-state index contributed by atoms with van der Waals surface area (Å²) < 4.78 is 5.59. The molecule has 0 saturated heterocycles. The Bertz CT molecular complexity index is 598. The summed E-state index contributed by atoms with van der Waals surface area (Å²) in [5, 5.41) is 0. The molecule has 2 aromatic heterocycles. The summed E-state index contributed by atoms with van der Waals surface area (Å²) >= 11 is 0. The topological polar surface area (TPSA) is 68.2 Å². The molecule has 20 heavy (non-hydrogen) atoms. The molecular formula is C15H22N4O. The van der Waals surface area contributed by atoms with Crippen LogP contribution in [0.15, 0.2) is 22.6 Å². The number of nitrogen functional groups attached to an aromatic ring is 1. The van der Waals surface area contributed by atoms with Gasteiger partial charge in [-0.25, -0.2) is 9.97 Å². The van der Waals surface area contributed by atoms with Crippen molar-refractivity contribution < 1.29 is 4.42 Å². The summed E-state index contributed by atoms with van der Waals surface area (Å²) in [5.41, 5.74) is 5.76. The Morgan fingerprint density at radius 1 is 1.25 bits per heavy atom. The molecule has 0 aliphatic rings. The lowest BCUT2D eigenvalue weighted by atomic mass is 9.96. The second-order valence-electron chi connectivity index (χ2n) is 6.09. The molecule has 0 radical (unpaired) electrons. The summed E-state index contributed by atoms with van der Waals surface area (Å²) in [6.07, 6.45) is 0. The summed E-state index contributed by atoms with van der Waals surface area (Å²) in [6, 6.07) is 5.71. The molecule has 2 heterocycles. The summed E-state index contributed by atoms with van der Waals surface area (Å²) in [5.74, 6) is 3.85. The van der Waals surface area contributed by atoms with Gasteiger partial charge in [0.05, 0.1) is 6.54 Å². The smallest absolute Gasteiger partial charge is 0.138 e. The van der Waals surface area contributed by atoms with Gasteiger partial charge in [-0.3, -0.25) is 0 Å². The summed E-state index contributed by atoms with van der Waals surface area (Å²) in [7, 11) is 1.96. The van der Waals surface area contributed by atoms with E-state index in [9.17, 15) is 0 Å². The quantitative estimate of drug-likeness (QED) is 0.932. The van der Waals surface area contributed by atoms with Gasteiger partial charge in [0.25, 0.3) is 0 Å². The van der Waals surface area contributed by atoms with E-state index in [2.05, 4.69) is 30.7 Å². The Morgan fingerprint density at radius 2 is 1.95 bits per heavy atom. The highest BCUT2D eigenvalue weighted by Crippen LogP contribution is 2.23. The van der Waals surface area contributed by atoms with Crippen LogP contribution in [0.2, 0.25) is 0 Å². The zero-order chi connectivity index (χ0) is 14.9. The minimum atomic E-state index is -0.133. The van der Waals surface area contributed by atoms with E-state index in [1.165, 1.54) is 0 Å². The van der Waals surface area contributed by atoms with Gasteiger partial charge in [0, 0.05) is 18.5 Å². The largest absolute Gasteiger partial charge is 0.464 e. The number of rotatable bonds is 3. The fourth-order valence-electron chi connectivity index (χ4n) is 1.87. The van der Waals surface area contributed by atoms with Crippen LogP contribution >= 0.6 is 0 Å². The Kier molecular flexibility index (Phi) is 3.70. The molecule has 0 unspecified atom stereocenters. The maximum atomic E-state index is 5.89. The van der Waals surface area contributed by atoms with Gasteiger partial charge in [0.1, 0.15) is 29.0 Å². The maximum Gasteiger partial charge on any atom is 0.138 e. The summed E-state index contributed by atoms with van der Waals surface area (Å²) in [4.78, 5) is 10.9. The molecule has 0 atom stereocenters. The predicted molar refractivity (Wildman–Crippen MR) is 80.7 cm³/mol. The second-order valence-corrected chi connectivity index (χ2v) is 6.09. The van der Waals surface area contributed by atoms with Gasteiger partial charge in [0.15, 0.2) is 0 Å². The van der Waals surface area contributed by atoms with Crippen molar-refractivity contribution in [2.45, 2.75) is 39.7 Å². The van der Waals surface area contributed by atoms with E-state index in [0.29, 0.717) is 12.4 Å². The van der Waals surface area contributed by atoms with E-state index in [-0.39, 0.29) is 5.41 Å². The molecule has 2 rings (SSSR count). The highest BCUT2D eigenvalue weighted by atomic mass is 16.3. The molecule has 0 aromatic carbocycles. The van der Waals surface area contributed by atoms with Crippen LogP contribution in [-0.4, -0.2) is 17.0 Å². The molecule has 2 N–H and O–H groups in total. The van der Waals surface area contributed by atoms with Crippen LogP contribution < -0.4 is 10.6 Å². The van der Waals surface area contributed by atoms with Crippen molar-refractivity contribution in [3.63, 3.8) is 0 Å². The third-order valence-corrected chi connectivity index (χ3v) is 2.98. The number of nitrogens with zero attached hydrogens (tertiary/aromatic N) is 3. The van der Waals surface area contributed by atoms with Crippen molar-refractivity contribution in [1.29, 1.82) is 0 Å². The minimum Gasteiger partial charge on any atom is -0.464 e. The third kappa shape index (κ3) is 3.29. The van der Waals surface area contributed by atoms with Gasteiger partial charge < -0.3 is 15.1 Å². The fourth-order valence-corrected chi connectivity index (χ4v) is 1.87. The molecular weight excluding hydrogens is 252 g/mol. The Labute approximate surface area is 119 Å². The molecule has 0 aliphatic carbocycles. The van der Waals surface area contributed by atoms with Crippen LogP contribution in [0, 0.1) is 6.92 Å². The van der Waals surface area contributed by atoms with Crippen molar-refractivity contribution >= 4 is 11.6 Å². The molecule has 0 fully saturated rings. The van der Waals surface area contributed by atoms with Crippen molar-refractivity contribution in [1.82, 2.24) is 9.97 Å². The molecule has 0 bridgehead atoms. The first-order valence-corrected chi connectivity index (χ1v) is 6.67. The van der Waals surface area contributed by atoms with Crippen LogP contribution in [0.4, 0.5) is 11.6 Å². The van der Waals surface area contributed by atoms with E-state index < -0.39 is 0 Å². The predicted octanol–water partition coefficient (Wildman–Crippen LogP) is 2.89. The standard InChI is InChI=1S/C15H22N4O/c1-10-6-7-11(20-10)9-19(5)13-8-12(16)17-14(18-13)15(2,3)4/h6-8H,9H2,1-5H3,(H2,16,17,18). The van der Waals surface area contributed by atoms with Crippen molar-refractivity contribution in [3.05, 3.63) is 35.5 Å². The van der Waals surface area contributed by atoms with Crippen LogP contribution in [0.1, 0.15) is 38.1 Å². The lowest BCUT2D eigenvalue weighted by molar-refractivity contribution is 0.480. The SMILES string of the molecule is Cc1ccc(CN(C)c2cc(N)nc(C(C)(C)C)n2)o1. The van der Waals surface area contributed by atoms with Gasteiger partial charge >= 0.3 is 0 Å². The van der Waals surface area contributed by atoms with E-state index in [1.54, 1.807) is 6.07 Å². The Balaban J connectivity index is 2.25. The molecule has 0 saturated carbocycles. The molecule has 0 aliphatic heterocycles. The first-order valence-electron chi connectivity index (χ1n) is 6.67. The van der Waals surface area contributed by atoms with Crippen molar-refractivity contribution in [2.24, 2.45) is 0 Å². The van der Waals surface area contributed by atoms with Crippen LogP contribution in [0.25, 0.3) is 0 Å². The van der Waals surface area contributed by atoms with Gasteiger partial charge in [-0.2, -0.15) is 0 Å². The minimum absolute atomic E-state index is 0.133. The van der Waals surface area contributed by atoms with Crippen LogP contribution in [0.5, 0.6) is 0 Å². The summed E-state index contributed by atoms with van der Waals surface area (Å²) in [6.45, 7) is 8.79. The van der Waals surface area contributed by atoms with E-state index in [1.807, 2.05) is 31.0 Å². The zero-order valence-corrected chi connectivity index (χ0v) is 12.8. The van der Waals surface area contributed by atoms with Crippen molar-refractivity contribution in [3.8, 4) is 0 Å². The average molecular weight is 274 g/mol. The number of anilines is 2. The number of hydrogen-bond donors (Lipinski definition) is 1. The third-order valence-electron chi connectivity index (χ3n) is 2.98. The Hall–Kier alpha value is -2.04. The molecule has 2 aromatic rings. The first-order chi connectivity index (χ1) is 9.25. The van der Waals surface area contributed by atoms with E-state index in [0.717, 1.165) is 23.2 Å². The highest BCUT2D eigenvalue weighted by Gasteiger charge is 2.19. The number of aromatic nitrogens is 2. The number of hydrogen-bond acceptors (Lipinski definition) is 5. The van der Waals surface area contributed by atoms with Gasteiger partial charge in [-0.15, -0.1) is 0 Å². The fraction of sp³-hybridized carbons (Fsp3) is 0.467. The van der Waals surface area contributed by atoms with Crippen LogP contribution in [-0.2, 0) is 12.0 Å². The zero-order valence-electron chi connectivity index (χ0n) is 12.8. The molecule has 0 spiro atoms. The molecule has 5 nitrogen and oxygen atoms in total. The van der Waals surface area contributed by atoms with E-state index in [4.69, 9.17) is 10.2 Å². The molecule has 108 valence electrons. The monoisotopic (exact) mass is 274 g/mol. The lowest BCUT2D eigenvalue weighted by Crippen LogP contribution is -2.22. The normalized spacial score (nSPS) is 11.7. The molecule has 5 heteroatoms. The van der Waals surface area contributed by atoms with Crippen molar-refractivity contribution in [2.75, 3.05) is 17.7 Å². The Morgan fingerprint density at radius 3 is 2.50 bits per heavy atom. The van der Waals surface area contributed by atoms with E-state index >= 15 is 0 Å². The number of nitrogens with two attached hydrogens (primary N) is 1. The maximum absolute atomic E-state index is 5.89. The first kappa shape index (κ1) is 14.4. The average Bonchev–Trinajstić information content (AvgIpc) is 2.72. The molecule has 0 amide bonds. The number of furan rings is 1. The number of aryl methyl sites for hydroxylation is 1. The second kappa shape index (κ2) is 5.15. The van der Waals surface area contributed by atoms with Gasteiger partial charge in [-0.05, 0) is 19.1 Å². The van der Waals surface area contributed by atoms with Gasteiger partial charge in [-0.1, -0.05) is 20.8 Å². The van der Waals surface area contributed by atoms with Gasteiger partial charge in [0.2, 0.25) is 0 Å². The highest BCUT2D eigenvalue weighted by molar-refractivity contribution is 5.47.